The molecule has 0 aliphatic carbocycles. The summed E-state index contributed by atoms with van der Waals surface area (Å²) in [6.07, 6.45) is -3.18. The molecule has 3 rings (SSSR count). The maximum absolute atomic E-state index is 13.5. The predicted molar refractivity (Wildman–Crippen MR) is 78.0 cm³/mol. The van der Waals surface area contributed by atoms with Gasteiger partial charge in [0.15, 0.2) is 0 Å². The van der Waals surface area contributed by atoms with Gasteiger partial charge in [0.25, 0.3) is 0 Å². The number of nitrogens with zero attached hydrogens (tertiary/aromatic N) is 3. The van der Waals surface area contributed by atoms with Crippen LogP contribution in [0.25, 0.3) is 11.0 Å². The monoisotopic (exact) mass is 331 g/mol. The highest BCUT2D eigenvalue weighted by Crippen LogP contribution is 2.27. The van der Waals surface area contributed by atoms with Crippen LogP contribution < -0.4 is 5.69 Å². The lowest BCUT2D eigenvalue weighted by Gasteiger charge is -2.29. The number of halogens is 4. The number of imidazole rings is 1. The van der Waals surface area contributed by atoms with Gasteiger partial charge in [0, 0.05) is 6.04 Å². The fourth-order valence-electron chi connectivity index (χ4n) is 3.19. The number of hydrogen-bond acceptors (Lipinski definition) is 2. The molecule has 0 atom stereocenters. The summed E-state index contributed by atoms with van der Waals surface area (Å²) in [6.45, 7) is 0.125. The van der Waals surface area contributed by atoms with Crippen LogP contribution in [0.2, 0.25) is 0 Å². The van der Waals surface area contributed by atoms with Gasteiger partial charge in [-0.05, 0) is 51.2 Å². The molecule has 23 heavy (non-hydrogen) atoms. The minimum absolute atomic E-state index is 0.00810. The Kier molecular flexibility index (Phi) is 3.95. The average molecular weight is 331 g/mol. The van der Waals surface area contributed by atoms with Crippen LogP contribution in [0.15, 0.2) is 23.0 Å². The minimum atomic E-state index is -4.54. The molecule has 1 aliphatic rings. The smallest absolute Gasteiger partial charge is 0.306 e. The average Bonchev–Trinajstić information content (AvgIpc) is 2.71. The van der Waals surface area contributed by atoms with E-state index < -0.39 is 24.2 Å². The molecule has 1 aromatic carbocycles. The van der Waals surface area contributed by atoms with Crippen molar-refractivity contribution in [2.45, 2.75) is 31.6 Å². The number of aromatic nitrogens is 2. The Bertz CT molecular complexity index is 769. The van der Waals surface area contributed by atoms with E-state index in [4.69, 9.17) is 0 Å². The zero-order chi connectivity index (χ0) is 16.8. The Morgan fingerprint density at radius 2 is 1.83 bits per heavy atom. The molecule has 8 heteroatoms. The van der Waals surface area contributed by atoms with Crippen molar-refractivity contribution in [1.29, 1.82) is 0 Å². The Balaban J connectivity index is 2.14. The maximum Gasteiger partial charge on any atom is 0.406 e. The number of hydrogen-bond donors (Lipinski definition) is 0. The second-order valence-corrected chi connectivity index (χ2v) is 6.02. The molecule has 0 unspecified atom stereocenters. The predicted octanol–water partition coefficient (Wildman–Crippen LogP) is 2.77. The first kappa shape index (κ1) is 16.0. The van der Waals surface area contributed by atoms with E-state index in [-0.39, 0.29) is 11.6 Å². The van der Waals surface area contributed by atoms with Gasteiger partial charge >= 0.3 is 11.9 Å². The van der Waals surface area contributed by atoms with Crippen LogP contribution in [0.3, 0.4) is 0 Å². The highest BCUT2D eigenvalue weighted by atomic mass is 19.4. The van der Waals surface area contributed by atoms with Crippen molar-refractivity contribution >= 4 is 11.0 Å². The van der Waals surface area contributed by atoms with Crippen molar-refractivity contribution in [3.63, 3.8) is 0 Å². The summed E-state index contributed by atoms with van der Waals surface area (Å²) in [5, 5.41) is 0. The summed E-state index contributed by atoms with van der Waals surface area (Å²) < 4.78 is 53.8. The Morgan fingerprint density at radius 3 is 2.43 bits per heavy atom. The minimum Gasteiger partial charge on any atom is -0.306 e. The zero-order valence-corrected chi connectivity index (χ0v) is 12.6. The van der Waals surface area contributed by atoms with Crippen LogP contribution in [-0.2, 0) is 6.54 Å². The zero-order valence-electron chi connectivity index (χ0n) is 12.6. The number of rotatable bonds is 2. The Labute approximate surface area is 129 Å². The first-order valence-electron chi connectivity index (χ1n) is 7.42. The molecule has 4 nitrogen and oxygen atoms in total. The van der Waals surface area contributed by atoms with Crippen molar-refractivity contribution in [1.82, 2.24) is 14.0 Å². The molecule has 0 amide bonds. The summed E-state index contributed by atoms with van der Waals surface area (Å²) in [4.78, 5) is 14.7. The van der Waals surface area contributed by atoms with E-state index in [1.54, 1.807) is 0 Å². The lowest BCUT2D eigenvalue weighted by atomic mass is 10.1. The molecule has 0 radical (unpaired) electrons. The van der Waals surface area contributed by atoms with E-state index in [0.717, 1.165) is 19.2 Å². The van der Waals surface area contributed by atoms with Gasteiger partial charge in [-0.25, -0.2) is 9.18 Å². The first-order chi connectivity index (χ1) is 10.8. The van der Waals surface area contributed by atoms with Crippen LogP contribution in [0, 0.1) is 5.82 Å². The molecule has 0 N–H and O–H groups in total. The van der Waals surface area contributed by atoms with Crippen molar-refractivity contribution in [3.8, 4) is 0 Å². The van der Waals surface area contributed by atoms with E-state index >= 15 is 0 Å². The Morgan fingerprint density at radius 1 is 1.17 bits per heavy atom. The second kappa shape index (κ2) is 5.67. The van der Waals surface area contributed by atoms with Crippen LogP contribution in [-0.4, -0.2) is 40.3 Å². The lowest BCUT2D eigenvalue weighted by Crippen LogP contribution is -2.37. The third kappa shape index (κ3) is 3.12. The molecule has 2 aromatic rings. The second-order valence-electron chi connectivity index (χ2n) is 6.02. The molecule has 1 fully saturated rings. The standard InChI is InChI=1S/C15H17F4N3O/c1-20-6-4-11(5-7-20)22-12-3-2-10(16)8-13(12)21(14(22)23)9-15(17,18)19/h2-3,8,11H,4-7,9H2,1H3. The van der Waals surface area contributed by atoms with Gasteiger partial charge in [-0.15, -0.1) is 0 Å². The van der Waals surface area contributed by atoms with E-state index in [1.165, 1.54) is 16.7 Å². The van der Waals surface area contributed by atoms with Gasteiger partial charge in [-0.2, -0.15) is 13.2 Å². The van der Waals surface area contributed by atoms with E-state index in [0.29, 0.717) is 22.9 Å². The molecule has 1 saturated heterocycles. The summed E-state index contributed by atoms with van der Waals surface area (Å²) in [5.74, 6) is -0.658. The molecular formula is C15H17F4N3O. The SMILES string of the molecule is CN1CCC(n2c(=O)n(CC(F)(F)F)c3cc(F)ccc32)CC1. The molecular weight excluding hydrogens is 314 g/mol. The van der Waals surface area contributed by atoms with Gasteiger partial charge < -0.3 is 4.90 Å². The van der Waals surface area contributed by atoms with Gasteiger partial charge in [-0.1, -0.05) is 0 Å². The van der Waals surface area contributed by atoms with E-state index in [1.807, 2.05) is 7.05 Å². The van der Waals surface area contributed by atoms with Crippen molar-refractivity contribution < 1.29 is 17.6 Å². The van der Waals surface area contributed by atoms with Gasteiger partial charge in [0.2, 0.25) is 0 Å². The number of fused-ring (bicyclic) bond motifs is 1. The summed E-state index contributed by atoms with van der Waals surface area (Å²) >= 11 is 0. The van der Waals surface area contributed by atoms with E-state index in [2.05, 4.69) is 4.90 Å². The van der Waals surface area contributed by atoms with Crippen LogP contribution in [0.4, 0.5) is 17.6 Å². The third-order valence-corrected chi connectivity index (χ3v) is 4.32. The topological polar surface area (TPSA) is 30.2 Å². The molecule has 0 saturated carbocycles. The molecule has 1 aromatic heterocycles. The van der Waals surface area contributed by atoms with Crippen LogP contribution in [0.5, 0.6) is 0 Å². The van der Waals surface area contributed by atoms with E-state index in [9.17, 15) is 22.4 Å². The third-order valence-electron chi connectivity index (χ3n) is 4.32. The fourth-order valence-corrected chi connectivity index (χ4v) is 3.19. The maximum atomic E-state index is 13.5. The molecule has 2 heterocycles. The lowest BCUT2D eigenvalue weighted by molar-refractivity contribution is -0.140. The van der Waals surface area contributed by atoms with Crippen molar-refractivity contribution in [2.75, 3.05) is 20.1 Å². The Hall–Kier alpha value is -1.83. The summed E-state index contributed by atoms with van der Waals surface area (Å²) in [7, 11) is 1.96. The highest BCUT2D eigenvalue weighted by molar-refractivity contribution is 5.76. The number of alkyl halides is 3. The highest BCUT2D eigenvalue weighted by Gasteiger charge is 2.32. The molecule has 1 aliphatic heterocycles. The van der Waals surface area contributed by atoms with Crippen molar-refractivity contribution in [3.05, 3.63) is 34.5 Å². The summed E-state index contributed by atoms with van der Waals surface area (Å²) in [5.41, 5.74) is -0.376. The molecule has 126 valence electrons. The summed E-state index contributed by atoms with van der Waals surface area (Å²) in [6, 6.07) is 3.39. The molecule has 0 bridgehead atoms. The van der Waals surface area contributed by atoms with Gasteiger partial charge in [0.05, 0.1) is 11.0 Å². The van der Waals surface area contributed by atoms with Crippen LogP contribution >= 0.6 is 0 Å². The fraction of sp³-hybridized carbons (Fsp3) is 0.533. The van der Waals surface area contributed by atoms with Gasteiger partial charge in [-0.3, -0.25) is 9.13 Å². The largest absolute Gasteiger partial charge is 0.406 e. The quantitative estimate of drug-likeness (QED) is 0.792. The first-order valence-corrected chi connectivity index (χ1v) is 7.42. The van der Waals surface area contributed by atoms with Gasteiger partial charge in [0.1, 0.15) is 12.4 Å². The van der Waals surface area contributed by atoms with Crippen LogP contribution in [0.1, 0.15) is 18.9 Å². The number of piperidine rings is 1. The number of likely N-dealkylation sites (tertiary alicyclic amines) is 1. The number of benzene rings is 1. The normalized spacial score (nSPS) is 18.0. The van der Waals surface area contributed by atoms with Crippen molar-refractivity contribution in [2.24, 2.45) is 0 Å². The molecule has 0 spiro atoms.